The maximum absolute atomic E-state index is 12.2. The summed E-state index contributed by atoms with van der Waals surface area (Å²) in [6.07, 6.45) is -1.14. The summed E-state index contributed by atoms with van der Waals surface area (Å²) in [4.78, 5) is 22.1. The minimum absolute atomic E-state index is 0.182. The smallest absolute Gasteiger partial charge is 0.408 e. The second kappa shape index (κ2) is 5.71. The van der Waals surface area contributed by atoms with E-state index in [4.69, 9.17) is 9.29 Å². The van der Waals surface area contributed by atoms with Gasteiger partial charge in [-0.2, -0.15) is 8.42 Å². The van der Waals surface area contributed by atoms with Crippen LogP contribution in [0.2, 0.25) is 0 Å². The first-order chi connectivity index (χ1) is 10.9. The topological polar surface area (TPSA) is 127 Å². The number of carboxylic acid groups (broad SMARTS) is 1. The largest absolute Gasteiger partial charge is 0.465 e. The molecule has 1 fully saturated rings. The van der Waals surface area contributed by atoms with Crippen LogP contribution in [0.15, 0.2) is 29.2 Å². The summed E-state index contributed by atoms with van der Waals surface area (Å²) >= 11 is 0. The number of nitrogens with zero attached hydrogens (tertiary/aromatic N) is 2. The fraction of sp³-hybridized carbons (Fsp3) is 0.500. The van der Waals surface area contributed by atoms with Gasteiger partial charge >= 0.3 is 6.09 Å². The van der Waals surface area contributed by atoms with Crippen molar-refractivity contribution < 1.29 is 27.4 Å². The highest BCUT2D eigenvalue weighted by molar-refractivity contribution is 7.86. The zero-order chi connectivity index (χ0) is 18.3. The maximum Gasteiger partial charge on any atom is 0.408 e. The van der Waals surface area contributed by atoms with Crippen LogP contribution in [0.5, 0.6) is 0 Å². The van der Waals surface area contributed by atoms with E-state index in [1.165, 1.54) is 0 Å². The van der Waals surface area contributed by atoms with Crippen LogP contribution in [-0.4, -0.2) is 48.1 Å². The minimum Gasteiger partial charge on any atom is -0.465 e. The van der Waals surface area contributed by atoms with E-state index in [1.807, 2.05) is 0 Å². The van der Waals surface area contributed by atoms with Gasteiger partial charge in [0.1, 0.15) is 0 Å². The van der Waals surface area contributed by atoms with Gasteiger partial charge in [-0.15, -0.1) is 0 Å². The number of nitro groups is 1. The second-order valence-corrected chi connectivity index (χ2v) is 8.23. The van der Waals surface area contributed by atoms with Crippen LogP contribution in [0.3, 0.4) is 0 Å². The molecule has 1 amide bonds. The van der Waals surface area contributed by atoms with Crippen LogP contribution in [0, 0.1) is 15.5 Å². The molecule has 1 atom stereocenters. The summed E-state index contributed by atoms with van der Waals surface area (Å²) in [5.41, 5.74) is -1.68. The lowest BCUT2D eigenvalue weighted by atomic mass is 9.80. The average molecular weight is 358 g/mol. The van der Waals surface area contributed by atoms with Crippen LogP contribution in [0.1, 0.15) is 20.8 Å². The van der Waals surface area contributed by atoms with Crippen molar-refractivity contribution in [2.75, 3.05) is 13.2 Å². The molecule has 0 bridgehead atoms. The van der Waals surface area contributed by atoms with Crippen molar-refractivity contribution in [3.8, 4) is 0 Å². The quantitative estimate of drug-likeness (QED) is 0.369. The van der Waals surface area contributed by atoms with E-state index in [2.05, 4.69) is 0 Å². The van der Waals surface area contributed by atoms with E-state index in [0.29, 0.717) is 0 Å². The van der Waals surface area contributed by atoms with Crippen molar-refractivity contribution >= 4 is 21.9 Å². The molecule has 1 aliphatic rings. The molecule has 0 saturated carbocycles. The van der Waals surface area contributed by atoms with Crippen molar-refractivity contribution in [3.05, 3.63) is 34.4 Å². The summed E-state index contributed by atoms with van der Waals surface area (Å²) in [7, 11) is -4.15. The van der Waals surface area contributed by atoms with Crippen molar-refractivity contribution in [2.45, 2.75) is 31.2 Å². The highest BCUT2D eigenvalue weighted by Crippen LogP contribution is 2.47. The highest BCUT2D eigenvalue weighted by Gasteiger charge is 2.63. The second-order valence-electron chi connectivity index (χ2n) is 6.62. The third kappa shape index (κ3) is 3.20. The number of amides is 1. The van der Waals surface area contributed by atoms with Crippen molar-refractivity contribution in [3.63, 3.8) is 0 Å². The summed E-state index contributed by atoms with van der Waals surface area (Å²) in [6, 6.07) is 4.30. The Morgan fingerprint density at radius 1 is 1.38 bits per heavy atom. The van der Waals surface area contributed by atoms with Crippen LogP contribution < -0.4 is 0 Å². The number of rotatable bonds is 5. The molecule has 1 aromatic carbocycles. The Bertz CT molecular complexity index is 767. The van der Waals surface area contributed by atoms with Gasteiger partial charge in [0.05, 0.1) is 28.5 Å². The first-order valence-electron chi connectivity index (χ1n) is 7.05. The normalized spacial score (nSPS) is 20.7. The van der Waals surface area contributed by atoms with Gasteiger partial charge in [-0.25, -0.2) is 4.79 Å². The Morgan fingerprint density at radius 3 is 2.29 bits per heavy atom. The molecule has 10 heteroatoms. The average Bonchev–Trinajstić information content (AvgIpc) is 3.21. The van der Waals surface area contributed by atoms with E-state index in [-0.39, 0.29) is 23.7 Å². The Kier molecular flexibility index (Phi) is 4.31. The molecular formula is C14H18N2O7S. The standard InChI is InChI=1S/C14H18N2O7S/c1-13(2,3)14(8-15(14)12(17)18)9-23-24(21,22)11-6-4-10(5-7-11)16(19)20/h4-7H,8-9H2,1-3H3,(H,17,18)/t14-,15?/m1/s1. The highest BCUT2D eigenvalue weighted by atomic mass is 32.2. The minimum atomic E-state index is -4.15. The number of benzene rings is 1. The third-order valence-electron chi connectivity index (χ3n) is 4.25. The predicted octanol–water partition coefficient (Wildman–Crippen LogP) is 2.08. The first-order valence-corrected chi connectivity index (χ1v) is 8.46. The van der Waals surface area contributed by atoms with Crippen LogP contribution in [0.25, 0.3) is 0 Å². The van der Waals surface area contributed by atoms with Gasteiger partial charge in [-0.05, 0) is 17.5 Å². The molecule has 2 rings (SSSR count). The lowest BCUT2D eigenvalue weighted by Crippen LogP contribution is -2.41. The molecule has 9 nitrogen and oxygen atoms in total. The lowest BCUT2D eigenvalue weighted by molar-refractivity contribution is -0.384. The zero-order valence-electron chi connectivity index (χ0n) is 13.4. The summed E-state index contributed by atoms with van der Waals surface area (Å²) in [5, 5.41) is 19.7. The molecule has 0 radical (unpaired) electrons. The Labute approximate surface area is 139 Å². The Morgan fingerprint density at radius 2 is 1.92 bits per heavy atom. The molecule has 0 unspecified atom stereocenters. The Balaban J connectivity index is 2.17. The van der Waals surface area contributed by atoms with Crippen LogP contribution in [-0.2, 0) is 14.3 Å². The van der Waals surface area contributed by atoms with Gasteiger partial charge in [0.25, 0.3) is 15.8 Å². The fourth-order valence-electron chi connectivity index (χ4n) is 2.44. The molecular weight excluding hydrogens is 340 g/mol. The molecule has 1 heterocycles. The van der Waals surface area contributed by atoms with E-state index in [1.54, 1.807) is 20.8 Å². The van der Waals surface area contributed by atoms with Gasteiger partial charge in [0.2, 0.25) is 0 Å². The number of nitro benzene ring substituents is 1. The number of non-ortho nitro benzene ring substituents is 1. The lowest BCUT2D eigenvalue weighted by Gasteiger charge is -2.30. The molecule has 1 saturated heterocycles. The monoisotopic (exact) mass is 358 g/mol. The van der Waals surface area contributed by atoms with E-state index in [0.717, 1.165) is 29.2 Å². The van der Waals surface area contributed by atoms with Crippen LogP contribution >= 0.6 is 0 Å². The first kappa shape index (κ1) is 18.1. The molecule has 132 valence electrons. The summed E-state index contributed by atoms with van der Waals surface area (Å²) < 4.78 is 29.5. The molecule has 0 spiro atoms. The van der Waals surface area contributed by atoms with Crippen molar-refractivity contribution in [2.24, 2.45) is 5.41 Å². The number of hydrogen-bond donors (Lipinski definition) is 1. The molecule has 1 N–H and O–H groups in total. The van der Waals surface area contributed by atoms with E-state index in [9.17, 15) is 23.3 Å². The molecule has 0 aromatic heterocycles. The van der Waals surface area contributed by atoms with Gasteiger partial charge < -0.3 is 5.11 Å². The van der Waals surface area contributed by atoms with Gasteiger partial charge in [0.15, 0.2) is 0 Å². The number of hydrogen-bond acceptors (Lipinski definition) is 6. The molecule has 0 aliphatic carbocycles. The molecule has 1 aromatic rings. The summed E-state index contributed by atoms with van der Waals surface area (Å²) in [5.74, 6) is 0. The van der Waals surface area contributed by atoms with E-state index >= 15 is 0 Å². The SMILES string of the molecule is CC(C)(C)[C@]1(COS(=O)(=O)c2ccc([N+](=O)[O-])cc2)CN1C(=O)O. The number of carbonyl (C=O) groups is 1. The van der Waals surface area contributed by atoms with Crippen molar-refractivity contribution in [1.82, 2.24) is 4.90 Å². The molecule has 24 heavy (non-hydrogen) atoms. The van der Waals surface area contributed by atoms with E-state index < -0.39 is 32.1 Å². The Hall–Kier alpha value is -2.20. The summed E-state index contributed by atoms with van der Waals surface area (Å²) in [6.45, 7) is 5.27. The third-order valence-corrected chi connectivity index (χ3v) is 5.53. The van der Waals surface area contributed by atoms with Crippen molar-refractivity contribution in [1.29, 1.82) is 0 Å². The fourth-order valence-corrected chi connectivity index (χ4v) is 3.39. The van der Waals surface area contributed by atoms with Gasteiger partial charge in [0, 0.05) is 12.1 Å². The maximum atomic E-state index is 12.2. The molecule has 1 aliphatic heterocycles. The van der Waals surface area contributed by atoms with Gasteiger partial charge in [-0.1, -0.05) is 20.8 Å². The zero-order valence-corrected chi connectivity index (χ0v) is 14.2. The van der Waals surface area contributed by atoms with Crippen LogP contribution in [0.4, 0.5) is 10.5 Å². The predicted molar refractivity (Wildman–Crippen MR) is 83.2 cm³/mol. The van der Waals surface area contributed by atoms with Gasteiger partial charge in [-0.3, -0.25) is 19.2 Å².